The number of fused-ring (bicyclic) bond motifs is 2. The van der Waals surface area contributed by atoms with Gasteiger partial charge in [-0.3, -0.25) is 14.5 Å². The number of nitrogens with two attached hydrogens (primary N) is 1. The summed E-state index contributed by atoms with van der Waals surface area (Å²) in [6.45, 7) is 3.11. The Balaban J connectivity index is 1.47. The van der Waals surface area contributed by atoms with Crippen LogP contribution in [0.5, 0.6) is 0 Å². The molecule has 3 fully saturated rings. The lowest BCUT2D eigenvalue weighted by atomic mass is 10.0. The average Bonchev–Trinajstić information content (AvgIpc) is 3.37. The highest BCUT2D eigenvalue weighted by atomic mass is 32.2. The van der Waals surface area contributed by atoms with E-state index in [0.717, 1.165) is 30.7 Å². The van der Waals surface area contributed by atoms with Crippen molar-refractivity contribution < 1.29 is 14.0 Å². The van der Waals surface area contributed by atoms with Crippen LogP contribution in [-0.2, 0) is 9.59 Å². The number of benzene rings is 1. The molecule has 2 amide bonds. The summed E-state index contributed by atoms with van der Waals surface area (Å²) in [5.41, 5.74) is 7.12. The van der Waals surface area contributed by atoms with Gasteiger partial charge in [0, 0.05) is 18.8 Å². The van der Waals surface area contributed by atoms with Crippen LogP contribution in [0.15, 0.2) is 24.3 Å². The van der Waals surface area contributed by atoms with Crippen LogP contribution in [-0.4, -0.2) is 69.5 Å². The SMILES string of the molecule is C[C@@H](c1ccc(F)cc1)N1C(=O)[C@@H]2CCC1N2C[C@H](N)C(=O)N1CCSC1. The fraction of sp³-hybridized carbons (Fsp3) is 0.579. The van der Waals surface area contributed by atoms with Gasteiger partial charge in [0.15, 0.2) is 0 Å². The molecule has 1 aromatic carbocycles. The second-order valence-corrected chi connectivity index (χ2v) is 8.56. The molecule has 3 aliphatic heterocycles. The molecule has 0 aliphatic carbocycles. The summed E-state index contributed by atoms with van der Waals surface area (Å²) in [6, 6.07) is 5.34. The number of piperidine rings is 1. The Morgan fingerprint density at radius 1 is 1.33 bits per heavy atom. The smallest absolute Gasteiger partial charge is 0.241 e. The predicted octanol–water partition coefficient (Wildman–Crippen LogP) is 1.38. The maximum Gasteiger partial charge on any atom is 0.241 e. The van der Waals surface area contributed by atoms with E-state index in [2.05, 4.69) is 4.90 Å². The molecule has 1 aromatic rings. The first kappa shape index (κ1) is 18.7. The third-order valence-electron chi connectivity index (χ3n) is 5.90. The zero-order chi connectivity index (χ0) is 19.1. The van der Waals surface area contributed by atoms with E-state index < -0.39 is 6.04 Å². The summed E-state index contributed by atoms with van der Waals surface area (Å²) >= 11 is 1.73. The first-order valence-corrected chi connectivity index (χ1v) is 10.6. The number of carbonyl (C=O) groups is 2. The van der Waals surface area contributed by atoms with E-state index >= 15 is 0 Å². The molecule has 0 radical (unpaired) electrons. The molecule has 2 bridgehead atoms. The number of nitrogens with zero attached hydrogens (tertiary/aromatic N) is 3. The highest BCUT2D eigenvalue weighted by Crippen LogP contribution is 2.40. The number of carbonyl (C=O) groups excluding carboxylic acids is 2. The highest BCUT2D eigenvalue weighted by Gasteiger charge is 2.53. The number of amides is 2. The van der Waals surface area contributed by atoms with Gasteiger partial charge in [-0.2, -0.15) is 0 Å². The molecule has 3 saturated heterocycles. The van der Waals surface area contributed by atoms with Gasteiger partial charge in [-0.05, 0) is 37.5 Å². The van der Waals surface area contributed by atoms with E-state index in [-0.39, 0.29) is 35.9 Å². The molecule has 6 nitrogen and oxygen atoms in total. The Bertz CT molecular complexity index is 725. The van der Waals surface area contributed by atoms with Crippen molar-refractivity contribution in [3.8, 4) is 0 Å². The van der Waals surface area contributed by atoms with E-state index in [1.807, 2.05) is 11.8 Å². The van der Waals surface area contributed by atoms with Crippen LogP contribution in [0.25, 0.3) is 0 Å². The minimum Gasteiger partial charge on any atom is -0.331 e. The van der Waals surface area contributed by atoms with Crippen molar-refractivity contribution in [1.29, 1.82) is 0 Å². The van der Waals surface area contributed by atoms with Crippen molar-refractivity contribution in [1.82, 2.24) is 14.7 Å². The van der Waals surface area contributed by atoms with E-state index in [4.69, 9.17) is 5.73 Å². The molecule has 146 valence electrons. The van der Waals surface area contributed by atoms with Crippen LogP contribution in [0.1, 0.15) is 31.4 Å². The van der Waals surface area contributed by atoms with Gasteiger partial charge < -0.3 is 15.5 Å². The zero-order valence-electron chi connectivity index (χ0n) is 15.4. The van der Waals surface area contributed by atoms with Gasteiger partial charge in [0.2, 0.25) is 11.8 Å². The molecule has 3 heterocycles. The molecule has 4 atom stereocenters. The Labute approximate surface area is 162 Å². The van der Waals surface area contributed by atoms with Crippen LogP contribution < -0.4 is 5.73 Å². The van der Waals surface area contributed by atoms with Crippen molar-refractivity contribution in [3.05, 3.63) is 35.6 Å². The van der Waals surface area contributed by atoms with Crippen molar-refractivity contribution >= 4 is 23.6 Å². The van der Waals surface area contributed by atoms with Crippen LogP contribution in [0.3, 0.4) is 0 Å². The van der Waals surface area contributed by atoms with Crippen molar-refractivity contribution in [2.24, 2.45) is 5.73 Å². The summed E-state index contributed by atoms with van der Waals surface area (Å²) in [5.74, 6) is 1.42. The van der Waals surface area contributed by atoms with E-state index in [1.165, 1.54) is 12.1 Å². The van der Waals surface area contributed by atoms with E-state index in [1.54, 1.807) is 28.8 Å². The third-order valence-corrected chi connectivity index (χ3v) is 6.87. The maximum atomic E-state index is 13.2. The third kappa shape index (κ3) is 3.34. The van der Waals surface area contributed by atoms with Gasteiger partial charge in [-0.15, -0.1) is 11.8 Å². The fourth-order valence-corrected chi connectivity index (χ4v) is 5.41. The number of likely N-dealkylation sites (tertiary alicyclic amines) is 1. The van der Waals surface area contributed by atoms with Gasteiger partial charge in [0.05, 0.1) is 30.2 Å². The quantitative estimate of drug-likeness (QED) is 0.820. The minimum atomic E-state index is -0.610. The largest absolute Gasteiger partial charge is 0.331 e. The van der Waals surface area contributed by atoms with Gasteiger partial charge in [-0.25, -0.2) is 4.39 Å². The Morgan fingerprint density at radius 3 is 2.74 bits per heavy atom. The lowest BCUT2D eigenvalue weighted by molar-refractivity contribution is -0.134. The average molecular weight is 393 g/mol. The summed E-state index contributed by atoms with van der Waals surface area (Å²) in [5, 5.41) is 0. The topological polar surface area (TPSA) is 69.9 Å². The molecule has 1 unspecified atom stereocenters. The van der Waals surface area contributed by atoms with Gasteiger partial charge >= 0.3 is 0 Å². The lowest BCUT2D eigenvalue weighted by Gasteiger charge is -2.34. The first-order valence-electron chi connectivity index (χ1n) is 9.43. The van der Waals surface area contributed by atoms with Crippen molar-refractivity contribution in [2.45, 2.75) is 44.1 Å². The molecule has 0 spiro atoms. The standard InChI is InChI=1S/C19H25FN4O2S/c1-12(13-2-4-14(20)5-3-13)24-17-7-6-16(19(24)26)23(17)10-15(21)18(25)22-8-9-27-11-22/h2-5,12,15-17H,6-11,21H2,1H3/t12-,15-,16-,17?/m0/s1. The Kier molecular flexibility index (Phi) is 5.13. The van der Waals surface area contributed by atoms with E-state index in [0.29, 0.717) is 12.4 Å². The molecule has 8 heteroatoms. The number of rotatable bonds is 5. The highest BCUT2D eigenvalue weighted by molar-refractivity contribution is 7.99. The summed E-state index contributed by atoms with van der Waals surface area (Å²) in [6.07, 6.45) is 1.63. The minimum absolute atomic E-state index is 0.0307. The van der Waals surface area contributed by atoms with Crippen LogP contribution in [0.2, 0.25) is 0 Å². The molecule has 27 heavy (non-hydrogen) atoms. The molecular weight excluding hydrogens is 367 g/mol. The van der Waals surface area contributed by atoms with Gasteiger partial charge in [0.25, 0.3) is 0 Å². The number of hydrogen-bond donors (Lipinski definition) is 1. The second kappa shape index (κ2) is 7.41. The summed E-state index contributed by atoms with van der Waals surface area (Å²) < 4.78 is 13.2. The van der Waals surface area contributed by atoms with Crippen LogP contribution in [0.4, 0.5) is 4.39 Å². The first-order chi connectivity index (χ1) is 13.0. The normalized spacial score (nSPS) is 27.4. The van der Waals surface area contributed by atoms with E-state index in [9.17, 15) is 14.0 Å². The van der Waals surface area contributed by atoms with Crippen molar-refractivity contribution in [2.75, 3.05) is 24.7 Å². The molecule has 3 aliphatic rings. The number of hydrogen-bond acceptors (Lipinski definition) is 5. The lowest BCUT2D eigenvalue weighted by Crippen LogP contribution is -2.51. The van der Waals surface area contributed by atoms with Gasteiger partial charge in [-0.1, -0.05) is 12.1 Å². The zero-order valence-corrected chi connectivity index (χ0v) is 16.2. The molecule has 4 rings (SSSR count). The van der Waals surface area contributed by atoms with Crippen molar-refractivity contribution in [3.63, 3.8) is 0 Å². The Hall–Kier alpha value is -1.64. The monoisotopic (exact) mass is 392 g/mol. The molecule has 0 aromatic heterocycles. The molecular formula is C19H25FN4O2S. The molecule has 0 saturated carbocycles. The maximum absolute atomic E-state index is 13.2. The van der Waals surface area contributed by atoms with Gasteiger partial charge in [0.1, 0.15) is 5.82 Å². The molecule has 2 N–H and O–H groups in total. The van der Waals surface area contributed by atoms with Crippen LogP contribution >= 0.6 is 11.8 Å². The Morgan fingerprint density at radius 2 is 2.07 bits per heavy atom. The predicted molar refractivity (Wildman–Crippen MR) is 102 cm³/mol. The number of halogens is 1. The van der Waals surface area contributed by atoms with Crippen LogP contribution in [0, 0.1) is 5.82 Å². The number of thioether (sulfide) groups is 1. The summed E-state index contributed by atoms with van der Waals surface area (Å²) in [7, 11) is 0. The second-order valence-electron chi connectivity index (χ2n) is 7.49. The fourth-order valence-electron chi connectivity index (χ4n) is 4.46. The summed E-state index contributed by atoms with van der Waals surface area (Å²) in [4.78, 5) is 31.3.